The lowest BCUT2D eigenvalue weighted by Gasteiger charge is -2.34. The molecule has 17 heavy (non-hydrogen) atoms. The topological polar surface area (TPSA) is 87.7 Å². The Hall–Kier alpha value is -1.30. The first kappa shape index (κ1) is 13.8. The van der Waals surface area contributed by atoms with E-state index in [1.165, 1.54) is 0 Å². The van der Waals surface area contributed by atoms with E-state index in [1.807, 2.05) is 6.92 Å². The summed E-state index contributed by atoms with van der Waals surface area (Å²) in [5.41, 5.74) is 0. The lowest BCUT2D eigenvalue weighted by Crippen LogP contribution is -2.53. The van der Waals surface area contributed by atoms with Crippen molar-refractivity contribution in [3.63, 3.8) is 0 Å². The fourth-order valence-corrected chi connectivity index (χ4v) is 1.81. The van der Waals surface area contributed by atoms with E-state index in [1.54, 1.807) is 7.11 Å². The van der Waals surface area contributed by atoms with Crippen LogP contribution in [0.4, 0.5) is 4.79 Å². The summed E-state index contributed by atoms with van der Waals surface area (Å²) >= 11 is 0. The molecule has 6 heteroatoms. The van der Waals surface area contributed by atoms with E-state index < -0.39 is 18.0 Å². The van der Waals surface area contributed by atoms with Crippen LogP contribution in [0.5, 0.6) is 0 Å². The molecule has 3 N–H and O–H groups in total. The molecule has 98 valence electrons. The average Bonchev–Trinajstić information content (AvgIpc) is 2.22. The molecule has 0 saturated heterocycles. The number of hydrogen-bond donors (Lipinski definition) is 3. The molecule has 1 saturated carbocycles. The largest absolute Gasteiger partial charge is 0.480 e. The number of aliphatic carboxylic acids is 1. The monoisotopic (exact) mass is 244 g/mol. The minimum absolute atomic E-state index is 0.0935. The molecule has 1 aliphatic carbocycles. The van der Waals surface area contributed by atoms with Crippen molar-refractivity contribution >= 4 is 12.0 Å². The number of carbonyl (C=O) groups is 2. The second-order valence-electron chi connectivity index (χ2n) is 4.32. The number of carbonyl (C=O) groups excluding carboxylic acids is 1. The van der Waals surface area contributed by atoms with Gasteiger partial charge in [-0.3, -0.25) is 0 Å². The highest BCUT2D eigenvalue weighted by molar-refractivity contribution is 5.82. The molecular formula is C11H20N2O4. The average molecular weight is 244 g/mol. The van der Waals surface area contributed by atoms with Gasteiger partial charge in [-0.15, -0.1) is 0 Å². The van der Waals surface area contributed by atoms with E-state index in [9.17, 15) is 9.59 Å². The van der Waals surface area contributed by atoms with E-state index in [-0.39, 0.29) is 12.1 Å². The zero-order valence-electron chi connectivity index (χ0n) is 10.2. The van der Waals surface area contributed by atoms with Crippen LogP contribution in [0.25, 0.3) is 0 Å². The Balaban J connectivity index is 2.26. The third-order valence-electron chi connectivity index (χ3n) is 2.94. The highest BCUT2D eigenvalue weighted by Gasteiger charge is 2.30. The van der Waals surface area contributed by atoms with Gasteiger partial charge in [-0.25, -0.2) is 9.59 Å². The number of hydrogen-bond acceptors (Lipinski definition) is 3. The number of methoxy groups -OCH3 is 1. The standard InChI is InChI=1S/C11H20N2O4/c1-3-4-9(10(14)15)13-11(16)12-7-5-8(6-7)17-2/h7-9H,3-6H2,1-2H3,(H,14,15)(H2,12,13,16)/t7?,8?,9-/m0/s1. The van der Waals surface area contributed by atoms with Crippen molar-refractivity contribution in [2.75, 3.05) is 7.11 Å². The van der Waals surface area contributed by atoms with E-state index in [4.69, 9.17) is 9.84 Å². The van der Waals surface area contributed by atoms with Gasteiger partial charge in [0, 0.05) is 13.2 Å². The summed E-state index contributed by atoms with van der Waals surface area (Å²) in [4.78, 5) is 22.3. The predicted octanol–water partition coefficient (Wildman–Crippen LogP) is 0.716. The molecule has 6 nitrogen and oxygen atoms in total. The fourth-order valence-electron chi connectivity index (χ4n) is 1.81. The fraction of sp³-hybridized carbons (Fsp3) is 0.818. The molecule has 2 amide bonds. The maximum absolute atomic E-state index is 11.5. The minimum atomic E-state index is -0.995. The van der Waals surface area contributed by atoms with Gasteiger partial charge in [-0.2, -0.15) is 0 Å². The summed E-state index contributed by atoms with van der Waals surface area (Å²) in [6.45, 7) is 1.88. The number of carboxylic acids is 1. The van der Waals surface area contributed by atoms with Gasteiger partial charge in [0.15, 0.2) is 0 Å². The molecule has 0 aromatic heterocycles. The molecule has 0 bridgehead atoms. The van der Waals surface area contributed by atoms with E-state index in [0.29, 0.717) is 12.8 Å². The van der Waals surface area contributed by atoms with Crippen LogP contribution in [0, 0.1) is 0 Å². The zero-order valence-corrected chi connectivity index (χ0v) is 10.2. The van der Waals surface area contributed by atoms with Crippen molar-refractivity contribution < 1.29 is 19.4 Å². The van der Waals surface area contributed by atoms with Gasteiger partial charge in [0.25, 0.3) is 0 Å². The lowest BCUT2D eigenvalue weighted by atomic mass is 9.89. The Kier molecular flexibility index (Phi) is 5.21. The van der Waals surface area contributed by atoms with Crippen molar-refractivity contribution in [3.05, 3.63) is 0 Å². The summed E-state index contributed by atoms with van der Waals surface area (Å²) in [5, 5.41) is 14.1. The Morgan fingerprint density at radius 3 is 2.59 bits per heavy atom. The van der Waals surface area contributed by atoms with Gasteiger partial charge in [0.2, 0.25) is 0 Å². The molecule has 1 fully saturated rings. The van der Waals surface area contributed by atoms with Crippen LogP contribution in [0.15, 0.2) is 0 Å². The highest BCUT2D eigenvalue weighted by atomic mass is 16.5. The molecule has 0 aliphatic heterocycles. The van der Waals surface area contributed by atoms with Gasteiger partial charge in [0.05, 0.1) is 6.10 Å². The SMILES string of the molecule is CCC[C@H](NC(=O)NC1CC(OC)C1)C(=O)O. The first-order valence-electron chi connectivity index (χ1n) is 5.89. The summed E-state index contributed by atoms with van der Waals surface area (Å²) in [6, 6.07) is -1.13. The van der Waals surface area contributed by atoms with Crippen LogP contribution in [0.3, 0.4) is 0 Å². The van der Waals surface area contributed by atoms with Crippen LogP contribution >= 0.6 is 0 Å². The second kappa shape index (κ2) is 6.44. The van der Waals surface area contributed by atoms with E-state index >= 15 is 0 Å². The predicted molar refractivity (Wildman–Crippen MR) is 61.8 cm³/mol. The summed E-state index contributed by atoms with van der Waals surface area (Å²) in [6.07, 6.45) is 2.94. The Labute approximate surface area is 101 Å². The van der Waals surface area contributed by atoms with Gasteiger partial charge in [0.1, 0.15) is 6.04 Å². The first-order chi connectivity index (χ1) is 8.06. The maximum atomic E-state index is 11.5. The molecule has 1 aliphatic rings. The van der Waals surface area contributed by atoms with Crippen molar-refractivity contribution in [2.45, 2.75) is 50.8 Å². The van der Waals surface area contributed by atoms with E-state index in [0.717, 1.165) is 12.8 Å². The third kappa shape index (κ3) is 4.22. The normalized spacial score (nSPS) is 24.6. The van der Waals surface area contributed by atoms with Crippen LogP contribution in [-0.4, -0.2) is 42.4 Å². The van der Waals surface area contributed by atoms with Crippen LogP contribution in [0.1, 0.15) is 32.6 Å². The Morgan fingerprint density at radius 1 is 1.47 bits per heavy atom. The van der Waals surface area contributed by atoms with Crippen LogP contribution in [-0.2, 0) is 9.53 Å². The molecule has 1 rings (SSSR count). The van der Waals surface area contributed by atoms with Crippen molar-refractivity contribution in [1.29, 1.82) is 0 Å². The van der Waals surface area contributed by atoms with Crippen molar-refractivity contribution in [2.24, 2.45) is 0 Å². The summed E-state index contributed by atoms with van der Waals surface area (Å²) in [5.74, 6) is -0.995. The van der Waals surface area contributed by atoms with Crippen molar-refractivity contribution in [3.8, 4) is 0 Å². The summed E-state index contributed by atoms with van der Waals surface area (Å²) < 4.78 is 5.09. The van der Waals surface area contributed by atoms with E-state index in [2.05, 4.69) is 10.6 Å². The number of amides is 2. The number of urea groups is 1. The van der Waals surface area contributed by atoms with Gasteiger partial charge in [-0.1, -0.05) is 13.3 Å². The quantitative estimate of drug-likeness (QED) is 0.642. The van der Waals surface area contributed by atoms with Gasteiger partial charge in [-0.05, 0) is 19.3 Å². The third-order valence-corrected chi connectivity index (χ3v) is 2.94. The van der Waals surface area contributed by atoms with Crippen LogP contribution < -0.4 is 10.6 Å². The smallest absolute Gasteiger partial charge is 0.326 e. The molecule has 0 spiro atoms. The molecule has 0 radical (unpaired) electrons. The lowest BCUT2D eigenvalue weighted by molar-refractivity contribution is -0.139. The number of rotatable bonds is 6. The molecule has 0 heterocycles. The Morgan fingerprint density at radius 2 is 2.12 bits per heavy atom. The first-order valence-corrected chi connectivity index (χ1v) is 5.89. The second-order valence-corrected chi connectivity index (χ2v) is 4.32. The molecule has 0 aromatic rings. The maximum Gasteiger partial charge on any atom is 0.326 e. The number of carboxylic acid groups (broad SMARTS) is 1. The van der Waals surface area contributed by atoms with Crippen LogP contribution in [0.2, 0.25) is 0 Å². The Bertz CT molecular complexity index is 277. The molecule has 1 atom stereocenters. The number of ether oxygens (including phenoxy) is 1. The molecule has 0 unspecified atom stereocenters. The minimum Gasteiger partial charge on any atom is -0.480 e. The molecule has 0 aromatic carbocycles. The van der Waals surface area contributed by atoms with Gasteiger partial charge < -0.3 is 20.5 Å². The summed E-state index contributed by atoms with van der Waals surface area (Å²) in [7, 11) is 1.64. The van der Waals surface area contributed by atoms with Crippen molar-refractivity contribution in [1.82, 2.24) is 10.6 Å². The highest BCUT2D eigenvalue weighted by Crippen LogP contribution is 2.22. The van der Waals surface area contributed by atoms with Gasteiger partial charge >= 0.3 is 12.0 Å². The number of nitrogens with one attached hydrogen (secondary N) is 2. The molecular weight excluding hydrogens is 224 g/mol. The zero-order chi connectivity index (χ0) is 12.8.